The third kappa shape index (κ3) is 5.43. The summed E-state index contributed by atoms with van der Waals surface area (Å²) in [7, 11) is -3.40. The van der Waals surface area contributed by atoms with Crippen LogP contribution < -0.4 is 15.4 Å². The van der Waals surface area contributed by atoms with Crippen molar-refractivity contribution < 1.29 is 13.2 Å². The smallest absolute Gasteiger partial charge is 0.246 e. The average Bonchev–Trinajstić information content (AvgIpc) is 2.50. The molecule has 2 aromatic carbocycles. The summed E-state index contributed by atoms with van der Waals surface area (Å²) < 4.78 is 24.8. The van der Waals surface area contributed by atoms with Gasteiger partial charge in [-0.1, -0.05) is 29.8 Å². The zero-order chi connectivity index (χ0) is 17.7. The second kappa shape index (κ2) is 7.55. The maximum absolute atomic E-state index is 12.2. The number of hydrogen-bond acceptors (Lipinski definition) is 4. The van der Waals surface area contributed by atoms with Crippen molar-refractivity contribution in [1.82, 2.24) is 0 Å². The van der Waals surface area contributed by atoms with Crippen LogP contribution in [0, 0.1) is 0 Å². The van der Waals surface area contributed by atoms with Crippen LogP contribution in [0.2, 0.25) is 5.02 Å². The van der Waals surface area contributed by atoms with Crippen LogP contribution in [0.25, 0.3) is 0 Å². The Morgan fingerprint density at radius 1 is 1.08 bits per heavy atom. The maximum atomic E-state index is 12.2. The molecular weight excluding hydrogens is 350 g/mol. The van der Waals surface area contributed by atoms with Gasteiger partial charge in [-0.15, -0.1) is 0 Å². The van der Waals surface area contributed by atoms with Gasteiger partial charge >= 0.3 is 0 Å². The van der Waals surface area contributed by atoms with Crippen LogP contribution in [-0.4, -0.2) is 26.6 Å². The highest BCUT2D eigenvalue weighted by Crippen LogP contribution is 2.26. The van der Waals surface area contributed by atoms with Gasteiger partial charge < -0.3 is 10.6 Å². The highest BCUT2D eigenvalue weighted by molar-refractivity contribution is 7.92. The number of carbonyl (C=O) groups is 1. The Hall–Kier alpha value is -2.25. The lowest BCUT2D eigenvalue weighted by molar-refractivity contribution is -0.116. The number of para-hydroxylation sites is 1. The molecule has 0 radical (unpaired) electrons. The van der Waals surface area contributed by atoms with Gasteiger partial charge in [0.05, 0.1) is 17.0 Å². The van der Waals surface area contributed by atoms with E-state index in [4.69, 9.17) is 11.6 Å². The lowest BCUT2D eigenvalue weighted by atomic mass is 10.2. The molecule has 128 valence electrons. The fourth-order valence-electron chi connectivity index (χ4n) is 1.97. The maximum Gasteiger partial charge on any atom is 0.246 e. The van der Waals surface area contributed by atoms with Crippen molar-refractivity contribution in [3.63, 3.8) is 0 Å². The number of rotatable bonds is 6. The Labute approximate surface area is 146 Å². The quantitative estimate of drug-likeness (QED) is 0.731. The van der Waals surface area contributed by atoms with Crippen molar-refractivity contribution in [2.75, 3.05) is 21.6 Å². The normalized spacial score (nSPS) is 12.3. The van der Waals surface area contributed by atoms with Gasteiger partial charge in [-0.05, 0) is 37.3 Å². The summed E-state index contributed by atoms with van der Waals surface area (Å²) in [6.07, 6.45) is 1.05. The molecule has 0 saturated heterocycles. The summed E-state index contributed by atoms with van der Waals surface area (Å²) >= 11 is 6.06. The van der Waals surface area contributed by atoms with E-state index in [-0.39, 0.29) is 16.6 Å². The molecule has 1 unspecified atom stereocenters. The fraction of sp³-hybridized carbons (Fsp3) is 0.188. The molecule has 1 atom stereocenters. The molecular formula is C16H18ClN3O3S. The Bertz CT molecular complexity index is 826. The summed E-state index contributed by atoms with van der Waals surface area (Å²) in [5.74, 6) is -0.198. The minimum absolute atomic E-state index is 0.198. The topological polar surface area (TPSA) is 87.3 Å². The molecule has 3 N–H and O–H groups in total. The molecule has 6 nitrogen and oxygen atoms in total. The molecule has 0 bridgehead atoms. The molecule has 2 aromatic rings. The predicted molar refractivity (Wildman–Crippen MR) is 98.1 cm³/mol. The van der Waals surface area contributed by atoms with Crippen LogP contribution >= 0.6 is 11.6 Å². The Morgan fingerprint density at radius 2 is 1.75 bits per heavy atom. The minimum atomic E-state index is -3.40. The van der Waals surface area contributed by atoms with Gasteiger partial charge in [-0.3, -0.25) is 9.52 Å². The van der Waals surface area contributed by atoms with E-state index in [9.17, 15) is 13.2 Å². The van der Waals surface area contributed by atoms with Crippen LogP contribution in [-0.2, 0) is 14.8 Å². The van der Waals surface area contributed by atoms with Gasteiger partial charge in [-0.2, -0.15) is 0 Å². The van der Waals surface area contributed by atoms with Gasteiger partial charge in [0.2, 0.25) is 15.9 Å². The lowest BCUT2D eigenvalue weighted by Gasteiger charge is -2.16. The van der Waals surface area contributed by atoms with Crippen molar-refractivity contribution in [2.45, 2.75) is 13.0 Å². The van der Waals surface area contributed by atoms with E-state index in [1.54, 1.807) is 31.2 Å². The molecule has 0 aliphatic rings. The molecule has 0 spiro atoms. The van der Waals surface area contributed by atoms with Crippen molar-refractivity contribution in [2.24, 2.45) is 0 Å². The number of sulfonamides is 1. The van der Waals surface area contributed by atoms with E-state index in [0.29, 0.717) is 11.4 Å². The SMILES string of the molecule is CC(Nc1ccc(NS(C)(=O)=O)c(Cl)c1)C(=O)Nc1ccccc1. The highest BCUT2D eigenvalue weighted by Gasteiger charge is 2.14. The van der Waals surface area contributed by atoms with E-state index in [0.717, 1.165) is 6.26 Å². The number of benzene rings is 2. The molecule has 0 aliphatic heterocycles. The molecule has 1 amide bonds. The molecule has 24 heavy (non-hydrogen) atoms. The van der Waals surface area contributed by atoms with Crippen molar-refractivity contribution in [1.29, 1.82) is 0 Å². The number of hydrogen-bond donors (Lipinski definition) is 3. The first-order valence-corrected chi connectivity index (χ1v) is 9.41. The second-order valence-corrected chi connectivity index (χ2v) is 7.45. The Balaban J connectivity index is 2.02. The number of carbonyl (C=O) groups excluding carboxylic acids is 1. The summed E-state index contributed by atoms with van der Waals surface area (Å²) in [5, 5.41) is 6.05. The average molecular weight is 368 g/mol. The molecule has 0 fully saturated rings. The Kier molecular flexibility index (Phi) is 5.69. The number of anilines is 3. The van der Waals surface area contributed by atoms with Gasteiger partial charge in [0.15, 0.2) is 0 Å². The third-order valence-electron chi connectivity index (χ3n) is 3.08. The molecule has 2 rings (SSSR count). The van der Waals surface area contributed by atoms with Gasteiger partial charge in [0, 0.05) is 11.4 Å². The first-order valence-electron chi connectivity index (χ1n) is 7.14. The summed E-state index contributed by atoms with van der Waals surface area (Å²) in [5.41, 5.74) is 1.60. The van der Waals surface area contributed by atoms with E-state index in [1.807, 2.05) is 18.2 Å². The predicted octanol–water partition coefficient (Wildman–Crippen LogP) is 3.15. The van der Waals surface area contributed by atoms with Gasteiger partial charge in [0.1, 0.15) is 6.04 Å². The molecule has 0 aromatic heterocycles. The van der Waals surface area contributed by atoms with Crippen LogP contribution in [0.1, 0.15) is 6.92 Å². The van der Waals surface area contributed by atoms with Crippen LogP contribution in [0.4, 0.5) is 17.1 Å². The minimum Gasteiger partial charge on any atom is -0.374 e. The largest absolute Gasteiger partial charge is 0.374 e. The summed E-state index contributed by atoms with van der Waals surface area (Å²) in [6, 6.07) is 13.4. The second-order valence-electron chi connectivity index (χ2n) is 5.29. The fourth-order valence-corrected chi connectivity index (χ4v) is 2.84. The zero-order valence-electron chi connectivity index (χ0n) is 13.2. The van der Waals surface area contributed by atoms with Gasteiger partial charge in [0.25, 0.3) is 0 Å². The van der Waals surface area contributed by atoms with E-state index < -0.39 is 16.1 Å². The van der Waals surface area contributed by atoms with Crippen LogP contribution in [0.15, 0.2) is 48.5 Å². The number of amides is 1. The van der Waals surface area contributed by atoms with Crippen molar-refractivity contribution in [3.8, 4) is 0 Å². The zero-order valence-corrected chi connectivity index (χ0v) is 14.8. The summed E-state index contributed by atoms with van der Waals surface area (Å²) in [4.78, 5) is 12.2. The van der Waals surface area contributed by atoms with Crippen LogP contribution in [0.5, 0.6) is 0 Å². The Morgan fingerprint density at radius 3 is 2.33 bits per heavy atom. The van der Waals surface area contributed by atoms with Crippen LogP contribution in [0.3, 0.4) is 0 Å². The summed E-state index contributed by atoms with van der Waals surface area (Å²) in [6.45, 7) is 1.72. The monoisotopic (exact) mass is 367 g/mol. The number of nitrogens with one attached hydrogen (secondary N) is 3. The molecule has 0 heterocycles. The standard InChI is InChI=1S/C16H18ClN3O3S/c1-11(16(21)19-12-6-4-3-5-7-12)18-13-8-9-15(14(17)10-13)20-24(2,22)23/h3-11,18,20H,1-2H3,(H,19,21). The van der Waals surface area contributed by atoms with Crippen molar-refractivity contribution in [3.05, 3.63) is 53.6 Å². The molecule has 0 aliphatic carbocycles. The first-order chi connectivity index (χ1) is 11.2. The molecule has 8 heteroatoms. The lowest BCUT2D eigenvalue weighted by Crippen LogP contribution is -2.31. The van der Waals surface area contributed by atoms with E-state index in [1.165, 1.54) is 6.07 Å². The molecule has 0 saturated carbocycles. The highest BCUT2D eigenvalue weighted by atomic mass is 35.5. The van der Waals surface area contributed by atoms with Crippen molar-refractivity contribution >= 4 is 44.6 Å². The van der Waals surface area contributed by atoms with E-state index >= 15 is 0 Å². The third-order valence-corrected chi connectivity index (χ3v) is 3.99. The number of halogens is 1. The first kappa shape index (κ1) is 18.1. The van der Waals surface area contributed by atoms with E-state index in [2.05, 4.69) is 15.4 Å². The van der Waals surface area contributed by atoms with Gasteiger partial charge in [-0.25, -0.2) is 8.42 Å².